The topological polar surface area (TPSA) is 80.7 Å². The number of hydrogen-bond acceptors (Lipinski definition) is 4. The zero-order chi connectivity index (χ0) is 16.9. The van der Waals surface area contributed by atoms with E-state index in [1.165, 1.54) is 4.90 Å². The van der Waals surface area contributed by atoms with Crippen LogP contribution in [-0.2, 0) is 9.59 Å². The molecule has 0 saturated carbocycles. The molecule has 0 aromatic heterocycles. The number of rotatable bonds is 4. The smallest absolute Gasteiger partial charge is 0.543 e. The molecular formula is C18H18NNaO4. The molecule has 24 heavy (non-hydrogen) atoms. The Labute approximate surface area is 163 Å². The summed E-state index contributed by atoms with van der Waals surface area (Å²) in [5.74, 6) is -2.31. The van der Waals surface area contributed by atoms with Gasteiger partial charge in [0.2, 0.25) is 5.91 Å². The van der Waals surface area contributed by atoms with Crippen LogP contribution in [0.2, 0.25) is 0 Å². The van der Waals surface area contributed by atoms with E-state index in [0.29, 0.717) is 17.6 Å². The molecule has 2 heterocycles. The summed E-state index contributed by atoms with van der Waals surface area (Å²) >= 11 is 0. The number of aliphatic hydroxyl groups excluding tert-OH is 1. The van der Waals surface area contributed by atoms with E-state index in [1.54, 1.807) is 6.92 Å². The van der Waals surface area contributed by atoms with Crippen molar-refractivity contribution in [3.8, 4) is 0 Å². The molecule has 3 atom stereocenters. The molecule has 0 spiro atoms. The number of aliphatic hydroxyl groups is 1. The Morgan fingerprint density at radius 1 is 1.38 bits per heavy atom. The van der Waals surface area contributed by atoms with Crippen LogP contribution < -0.4 is 34.7 Å². The molecular weight excluding hydrogens is 317 g/mol. The minimum Gasteiger partial charge on any atom is -0.543 e. The van der Waals surface area contributed by atoms with E-state index in [-0.39, 0.29) is 47.2 Å². The van der Waals surface area contributed by atoms with Gasteiger partial charge in [-0.2, -0.15) is 0 Å². The number of carboxylic acids is 1. The zero-order valence-electron chi connectivity index (χ0n) is 14.1. The molecule has 3 rings (SSSR count). The molecule has 0 radical (unpaired) electrons. The number of aryl methyl sites for hydroxylation is 1. The maximum absolute atomic E-state index is 12.2. The van der Waals surface area contributed by atoms with Gasteiger partial charge in [-0.25, -0.2) is 0 Å². The fraction of sp³-hybridized carbons (Fsp3) is 0.333. The number of carbonyl (C=O) groups is 2. The SMILES string of the molecule is C=C(C1=C(C(=O)[O-])N2C(=O)[C@H]([C@@H](C)O)[C@H]2C1)c1ccc(C)cc1.[Na+]. The van der Waals surface area contributed by atoms with E-state index in [9.17, 15) is 19.8 Å². The van der Waals surface area contributed by atoms with E-state index in [1.807, 2.05) is 31.2 Å². The molecule has 2 aliphatic heterocycles. The van der Waals surface area contributed by atoms with Gasteiger partial charge in [-0.3, -0.25) is 4.79 Å². The largest absolute Gasteiger partial charge is 1.00 e. The fourth-order valence-corrected chi connectivity index (χ4v) is 3.46. The molecule has 0 unspecified atom stereocenters. The third kappa shape index (κ3) is 2.86. The molecule has 5 nitrogen and oxygen atoms in total. The Bertz CT molecular complexity index is 736. The van der Waals surface area contributed by atoms with Crippen molar-refractivity contribution in [2.75, 3.05) is 0 Å². The second-order valence-corrected chi connectivity index (χ2v) is 6.21. The molecule has 2 aliphatic rings. The van der Waals surface area contributed by atoms with Gasteiger partial charge in [-0.15, -0.1) is 0 Å². The third-order valence-electron chi connectivity index (χ3n) is 4.69. The number of benzene rings is 1. The van der Waals surface area contributed by atoms with Crippen molar-refractivity contribution in [2.24, 2.45) is 5.92 Å². The van der Waals surface area contributed by atoms with Gasteiger partial charge in [-0.05, 0) is 37.0 Å². The van der Waals surface area contributed by atoms with E-state index >= 15 is 0 Å². The summed E-state index contributed by atoms with van der Waals surface area (Å²) in [6.07, 6.45) is -0.434. The van der Waals surface area contributed by atoms with Crippen LogP contribution in [0.1, 0.15) is 24.5 Å². The first-order valence-corrected chi connectivity index (χ1v) is 7.55. The van der Waals surface area contributed by atoms with Crippen LogP contribution in [0, 0.1) is 12.8 Å². The Morgan fingerprint density at radius 2 is 1.96 bits per heavy atom. The minimum absolute atomic E-state index is 0. The fourth-order valence-electron chi connectivity index (χ4n) is 3.46. The molecule has 1 fully saturated rings. The van der Waals surface area contributed by atoms with Crippen LogP contribution in [0.25, 0.3) is 5.57 Å². The molecule has 0 aliphatic carbocycles. The predicted octanol–water partition coefficient (Wildman–Crippen LogP) is -2.37. The summed E-state index contributed by atoms with van der Waals surface area (Å²) in [6.45, 7) is 7.52. The number of aliphatic carboxylic acids is 1. The number of fused-ring (bicyclic) bond motifs is 1. The van der Waals surface area contributed by atoms with Crippen molar-refractivity contribution in [3.63, 3.8) is 0 Å². The van der Waals surface area contributed by atoms with Crippen LogP contribution >= 0.6 is 0 Å². The number of carboxylic acid groups (broad SMARTS) is 1. The number of nitrogens with zero attached hydrogens (tertiary/aromatic N) is 1. The molecule has 1 aromatic carbocycles. The molecule has 0 bridgehead atoms. The summed E-state index contributed by atoms with van der Waals surface area (Å²) < 4.78 is 0. The summed E-state index contributed by atoms with van der Waals surface area (Å²) in [5, 5.41) is 21.3. The van der Waals surface area contributed by atoms with Crippen molar-refractivity contribution in [3.05, 3.63) is 53.2 Å². The molecule has 120 valence electrons. The van der Waals surface area contributed by atoms with Crippen molar-refractivity contribution in [1.29, 1.82) is 0 Å². The van der Waals surface area contributed by atoms with Gasteiger partial charge in [0, 0.05) is 0 Å². The van der Waals surface area contributed by atoms with E-state index in [4.69, 9.17) is 0 Å². The van der Waals surface area contributed by atoms with Gasteiger partial charge in [0.05, 0.1) is 29.7 Å². The number of β-lactam (4-membered cyclic amide) rings is 1. The minimum atomic E-state index is -1.38. The van der Waals surface area contributed by atoms with Gasteiger partial charge < -0.3 is 19.9 Å². The second-order valence-electron chi connectivity index (χ2n) is 6.21. The molecule has 1 saturated heterocycles. The summed E-state index contributed by atoms with van der Waals surface area (Å²) in [4.78, 5) is 24.9. The van der Waals surface area contributed by atoms with Crippen LogP contribution in [0.3, 0.4) is 0 Å². The standard InChI is InChI=1S/C18H19NO4.Na/c1-9-4-6-12(7-5-9)10(2)13-8-14-15(11(3)20)17(21)19(14)16(13)18(22)23;/h4-7,11,14-15,20H,2,8H2,1,3H3,(H,22,23);/q;+1/p-1/t11-,14-,15-;/m1./s1. The first-order chi connectivity index (χ1) is 10.8. The van der Waals surface area contributed by atoms with Crippen LogP contribution in [-0.4, -0.2) is 34.0 Å². The van der Waals surface area contributed by atoms with Crippen molar-refractivity contribution in [2.45, 2.75) is 32.4 Å². The summed E-state index contributed by atoms with van der Waals surface area (Å²) in [7, 11) is 0. The van der Waals surface area contributed by atoms with Crippen LogP contribution in [0.5, 0.6) is 0 Å². The Hall–Kier alpha value is -1.40. The summed E-state index contributed by atoms with van der Waals surface area (Å²) in [6, 6.07) is 7.27. The molecule has 6 heteroatoms. The maximum Gasteiger partial charge on any atom is 1.00 e. The summed E-state index contributed by atoms with van der Waals surface area (Å²) in [5.41, 5.74) is 2.89. The van der Waals surface area contributed by atoms with Gasteiger partial charge in [0.25, 0.3) is 0 Å². The molecule has 1 amide bonds. The average Bonchev–Trinajstić information content (AvgIpc) is 2.82. The van der Waals surface area contributed by atoms with Gasteiger partial charge >= 0.3 is 29.6 Å². The van der Waals surface area contributed by atoms with E-state index in [0.717, 1.165) is 11.1 Å². The third-order valence-corrected chi connectivity index (χ3v) is 4.69. The Kier molecular flexibility index (Phi) is 5.40. The van der Waals surface area contributed by atoms with Crippen LogP contribution in [0.15, 0.2) is 42.1 Å². The first-order valence-electron chi connectivity index (χ1n) is 7.55. The van der Waals surface area contributed by atoms with E-state index in [2.05, 4.69) is 6.58 Å². The quantitative estimate of drug-likeness (QED) is 0.493. The van der Waals surface area contributed by atoms with E-state index < -0.39 is 18.0 Å². The maximum atomic E-state index is 12.2. The van der Waals surface area contributed by atoms with Gasteiger partial charge in [0.15, 0.2) is 0 Å². The zero-order valence-corrected chi connectivity index (χ0v) is 16.1. The number of amides is 1. The normalized spacial score (nSPS) is 23.3. The molecule has 1 N–H and O–H groups in total. The Balaban J connectivity index is 0.00000208. The Morgan fingerprint density at radius 3 is 2.46 bits per heavy atom. The van der Waals surface area contributed by atoms with Crippen molar-refractivity contribution < 1.29 is 49.4 Å². The molecule has 1 aromatic rings. The monoisotopic (exact) mass is 335 g/mol. The van der Waals surface area contributed by atoms with Gasteiger partial charge in [-0.1, -0.05) is 36.4 Å². The average molecular weight is 335 g/mol. The van der Waals surface area contributed by atoms with Crippen LogP contribution in [0.4, 0.5) is 0 Å². The first kappa shape index (κ1) is 18.9. The predicted molar refractivity (Wildman–Crippen MR) is 82.7 cm³/mol. The number of allylic oxidation sites excluding steroid dienone is 1. The second kappa shape index (κ2) is 6.84. The number of hydrogen-bond donors (Lipinski definition) is 1. The van der Waals surface area contributed by atoms with Crippen molar-refractivity contribution >= 4 is 17.4 Å². The number of carbonyl (C=O) groups excluding carboxylic acids is 2. The van der Waals surface area contributed by atoms with Crippen molar-refractivity contribution in [1.82, 2.24) is 4.90 Å². The van der Waals surface area contributed by atoms with Gasteiger partial charge in [0.1, 0.15) is 0 Å².